The Morgan fingerprint density at radius 3 is 3.00 bits per heavy atom. The molecule has 3 aromatic rings. The fourth-order valence-electron chi connectivity index (χ4n) is 3.60. The lowest BCUT2D eigenvalue weighted by Gasteiger charge is -2.16. The van der Waals surface area contributed by atoms with E-state index in [0.29, 0.717) is 18.0 Å². The van der Waals surface area contributed by atoms with Crippen molar-refractivity contribution in [3.8, 4) is 0 Å². The molecule has 1 aliphatic rings. The van der Waals surface area contributed by atoms with E-state index in [-0.39, 0.29) is 5.91 Å². The number of nitrogens with one attached hydrogen (secondary N) is 1. The van der Waals surface area contributed by atoms with Crippen molar-refractivity contribution in [2.75, 3.05) is 19.6 Å². The molecular formula is C21H22N4O. The highest BCUT2D eigenvalue weighted by atomic mass is 16.1. The molecule has 1 aliphatic heterocycles. The van der Waals surface area contributed by atoms with Crippen molar-refractivity contribution in [2.45, 2.75) is 13.0 Å². The molecular weight excluding hydrogens is 324 g/mol. The van der Waals surface area contributed by atoms with Gasteiger partial charge in [-0.3, -0.25) is 19.7 Å². The van der Waals surface area contributed by atoms with Gasteiger partial charge in [0.15, 0.2) is 0 Å². The molecule has 5 heteroatoms. The van der Waals surface area contributed by atoms with Crippen LogP contribution in [0.25, 0.3) is 10.8 Å². The van der Waals surface area contributed by atoms with Crippen LogP contribution in [-0.4, -0.2) is 40.4 Å². The summed E-state index contributed by atoms with van der Waals surface area (Å²) in [6.07, 6.45) is 6.46. The SMILES string of the molecule is O=C(NCC1CCN(Cc2ccccn2)C1)c1cccc2cnccc12. The molecule has 1 unspecified atom stereocenters. The summed E-state index contributed by atoms with van der Waals surface area (Å²) in [6, 6.07) is 13.7. The number of hydrogen-bond acceptors (Lipinski definition) is 4. The maximum absolute atomic E-state index is 12.6. The van der Waals surface area contributed by atoms with Crippen LogP contribution < -0.4 is 5.32 Å². The van der Waals surface area contributed by atoms with Gasteiger partial charge in [0.2, 0.25) is 0 Å². The van der Waals surface area contributed by atoms with Gasteiger partial charge in [-0.05, 0) is 48.5 Å². The molecule has 1 saturated heterocycles. The second-order valence-corrected chi connectivity index (χ2v) is 6.82. The Hall–Kier alpha value is -2.79. The van der Waals surface area contributed by atoms with Crippen molar-refractivity contribution in [3.05, 3.63) is 72.3 Å². The second kappa shape index (κ2) is 7.62. The van der Waals surface area contributed by atoms with Crippen LogP contribution in [0.3, 0.4) is 0 Å². The highest BCUT2D eigenvalue weighted by molar-refractivity contribution is 6.06. The van der Waals surface area contributed by atoms with E-state index in [1.54, 1.807) is 12.4 Å². The molecule has 26 heavy (non-hydrogen) atoms. The second-order valence-electron chi connectivity index (χ2n) is 6.82. The lowest BCUT2D eigenvalue weighted by Crippen LogP contribution is -2.31. The van der Waals surface area contributed by atoms with E-state index in [4.69, 9.17) is 0 Å². The van der Waals surface area contributed by atoms with Gasteiger partial charge in [0, 0.05) is 49.2 Å². The Bertz CT molecular complexity index is 891. The summed E-state index contributed by atoms with van der Waals surface area (Å²) in [6.45, 7) is 3.63. The molecule has 2 aromatic heterocycles. The summed E-state index contributed by atoms with van der Waals surface area (Å²) in [5, 5.41) is 5.05. The molecule has 4 rings (SSSR count). The van der Waals surface area contributed by atoms with E-state index < -0.39 is 0 Å². The number of aromatic nitrogens is 2. The number of nitrogens with zero attached hydrogens (tertiary/aromatic N) is 3. The number of rotatable bonds is 5. The highest BCUT2D eigenvalue weighted by Crippen LogP contribution is 2.19. The van der Waals surface area contributed by atoms with E-state index in [1.165, 1.54) is 0 Å². The number of fused-ring (bicyclic) bond motifs is 1. The van der Waals surface area contributed by atoms with Crippen LogP contribution in [0.15, 0.2) is 61.1 Å². The van der Waals surface area contributed by atoms with Gasteiger partial charge in [0.05, 0.1) is 5.69 Å². The summed E-state index contributed by atoms with van der Waals surface area (Å²) >= 11 is 0. The lowest BCUT2D eigenvalue weighted by atomic mass is 10.1. The fraction of sp³-hybridized carbons (Fsp3) is 0.286. The summed E-state index contributed by atoms with van der Waals surface area (Å²) in [7, 11) is 0. The predicted octanol–water partition coefficient (Wildman–Crippen LogP) is 2.88. The van der Waals surface area contributed by atoms with Gasteiger partial charge < -0.3 is 5.32 Å². The molecule has 1 amide bonds. The van der Waals surface area contributed by atoms with Crippen molar-refractivity contribution in [2.24, 2.45) is 5.92 Å². The topological polar surface area (TPSA) is 58.1 Å². The molecule has 1 aromatic carbocycles. The minimum absolute atomic E-state index is 0.00928. The van der Waals surface area contributed by atoms with Crippen LogP contribution in [0.5, 0.6) is 0 Å². The maximum Gasteiger partial charge on any atom is 0.251 e. The van der Waals surface area contributed by atoms with Crippen LogP contribution >= 0.6 is 0 Å². The zero-order valence-corrected chi connectivity index (χ0v) is 14.6. The van der Waals surface area contributed by atoms with Gasteiger partial charge in [0.1, 0.15) is 0 Å². The minimum atomic E-state index is -0.00928. The molecule has 1 atom stereocenters. The first-order chi connectivity index (χ1) is 12.8. The fourth-order valence-corrected chi connectivity index (χ4v) is 3.60. The molecule has 132 valence electrons. The normalized spacial score (nSPS) is 17.5. The number of benzene rings is 1. The van der Waals surface area contributed by atoms with Gasteiger partial charge >= 0.3 is 0 Å². The first-order valence-electron chi connectivity index (χ1n) is 9.03. The summed E-state index contributed by atoms with van der Waals surface area (Å²) < 4.78 is 0. The molecule has 3 heterocycles. The third-order valence-corrected chi connectivity index (χ3v) is 4.96. The first kappa shape index (κ1) is 16.7. The van der Waals surface area contributed by atoms with Crippen molar-refractivity contribution in [3.63, 3.8) is 0 Å². The molecule has 0 aliphatic carbocycles. The smallest absolute Gasteiger partial charge is 0.251 e. The molecule has 0 spiro atoms. The van der Waals surface area contributed by atoms with E-state index in [0.717, 1.165) is 42.5 Å². The Kier molecular flexibility index (Phi) is 4.88. The summed E-state index contributed by atoms with van der Waals surface area (Å²) in [4.78, 5) is 23.6. The standard InChI is InChI=1S/C21H22N4O/c26-21(20-6-3-4-17-13-22-10-7-19(17)20)24-12-16-8-11-25(14-16)15-18-5-1-2-9-23-18/h1-7,9-10,13,16H,8,11-12,14-15H2,(H,24,26). The Labute approximate surface area is 153 Å². The number of pyridine rings is 2. The largest absolute Gasteiger partial charge is 0.352 e. The van der Waals surface area contributed by atoms with Crippen molar-refractivity contribution >= 4 is 16.7 Å². The third kappa shape index (κ3) is 3.73. The summed E-state index contributed by atoms with van der Waals surface area (Å²) in [5.74, 6) is 0.476. The Morgan fingerprint density at radius 2 is 2.12 bits per heavy atom. The number of amides is 1. The van der Waals surface area contributed by atoms with Gasteiger partial charge in [-0.2, -0.15) is 0 Å². The molecule has 0 radical (unpaired) electrons. The van der Waals surface area contributed by atoms with Gasteiger partial charge in [-0.15, -0.1) is 0 Å². The minimum Gasteiger partial charge on any atom is -0.352 e. The lowest BCUT2D eigenvalue weighted by molar-refractivity contribution is 0.0949. The van der Waals surface area contributed by atoms with Gasteiger partial charge in [-0.1, -0.05) is 18.2 Å². The number of carbonyl (C=O) groups is 1. The van der Waals surface area contributed by atoms with E-state index in [9.17, 15) is 4.79 Å². The van der Waals surface area contributed by atoms with Crippen LogP contribution in [0.4, 0.5) is 0 Å². The zero-order valence-electron chi connectivity index (χ0n) is 14.6. The molecule has 0 saturated carbocycles. The Morgan fingerprint density at radius 1 is 1.15 bits per heavy atom. The monoisotopic (exact) mass is 346 g/mol. The molecule has 5 nitrogen and oxygen atoms in total. The molecule has 0 bridgehead atoms. The highest BCUT2D eigenvalue weighted by Gasteiger charge is 2.23. The predicted molar refractivity (Wildman–Crippen MR) is 102 cm³/mol. The van der Waals surface area contributed by atoms with E-state index >= 15 is 0 Å². The molecule has 1 fully saturated rings. The zero-order chi connectivity index (χ0) is 17.8. The average molecular weight is 346 g/mol. The number of likely N-dealkylation sites (tertiary alicyclic amines) is 1. The van der Waals surface area contributed by atoms with Crippen LogP contribution in [0.2, 0.25) is 0 Å². The van der Waals surface area contributed by atoms with Crippen molar-refractivity contribution in [1.82, 2.24) is 20.2 Å². The van der Waals surface area contributed by atoms with Crippen LogP contribution in [0.1, 0.15) is 22.5 Å². The quantitative estimate of drug-likeness (QED) is 0.772. The number of carbonyl (C=O) groups excluding carboxylic acids is 1. The third-order valence-electron chi connectivity index (χ3n) is 4.96. The van der Waals surface area contributed by atoms with E-state index in [1.807, 2.05) is 42.6 Å². The average Bonchev–Trinajstić information content (AvgIpc) is 3.14. The summed E-state index contributed by atoms with van der Waals surface area (Å²) in [5.41, 5.74) is 1.81. The van der Waals surface area contributed by atoms with Gasteiger partial charge in [0.25, 0.3) is 5.91 Å². The Balaban J connectivity index is 1.33. The van der Waals surface area contributed by atoms with Crippen LogP contribution in [-0.2, 0) is 6.54 Å². The molecule has 1 N–H and O–H groups in total. The number of hydrogen-bond donors (Lipinski definition) is 1. The van der Waals surface area contributed by atoms with Crippen molar-refractivity contribution in [1.29, 1.82) is 0 Å². The van der Waals surface area contributed by atoms with Crippen molar-refractivity contribution < 1.29 is 4.79 Å². The van der Waals surface area contributed by atoms with Gasteiger partial charge in [-0.25, -0.2) is 0 Å². The first-order valence-corrected chi connectivity index (χ1v) is 9.03. The maximum atomic E-state index is 12.6. The van der Waals surface area contributed by atoms with Crippen LogP contribution in [0, 0.1) is 5.92 Å². The van der Waals surface area contributed by atoms with E-state index in [2.05, 4.69) is 26.3 Å².